The molecule has 2 aliphatic rings. The van der Waals surface area contributed by atoms with Gasteiger partial charge in [0.05, 0.1) is 7.11 Å². The summed E-state index contributed by atoms with van der Waals surface area (Å²) >= 11 is 0. The Labute approximate surface area is 160 Å². The third-order valence-corrected chi connectivity index (χ3v) is 5.34. The molecule has 0 radical (unpaired) electrons. The predicted molar refractivity (Wildman–Crippen MR) is 102 cm³/mol. The third-order valence-electron chi connectivity index (χ3n) is 5.34. The fourth-order valence-electron chi connectivity index (χ4n) is 3.97. The normalized spacial score (nSPS) is 20.5. The smallest absolute Gasteiger partial charge is 0.255 e. The number of likely N-dealkylation sites (tertiary alicyclic amines) is 2. The summed E-state index contributed by atoms with van der Waals surface area (Å²) in [7, 11) is 1.51. The number of nitrogens with two attached hydrogens (primary N) is 1. The molecule has 2 aliphatic heterocycles. The van der Waals surface area contributed by atoms with Crippen LogP contribution in [-0.4, -0.2) is 67.6 Å². The molecule has 2 heterocycles. The zero-order valence-corrected chi connectivity index (χ0v) is 16.0. The van der Waals surface area contributed by atoms with Gasteiger partial charge in [-0.15, -0.1) is 0 Å². The first-order valence-corrected chi connectivity index (χ1v) is 9.71. The van der Waals surface area contributed by atoms with Gasteiger partial charge in [-0.25, -0.2) is 0 Å². The van der Waals surface area contributed by atoms with Crippen LogP contribution in [0.1, 0.15) is 42.5 Å². The first kappa shape index (κ1) is 19.5. The Balaban J connectivity index is 1.68. The van der Waals surface area contributed by atoms with Crippen LogP contribution >= 0.6 is 0 Å². The van der Waals surface area contributed by atoms with Crippen molar-refractivity contribution < 1.29 is 19.1 Å². The summed E-state index contributed by atoms with van der Waals surface area (Å²) in [5, 5.41) is 0. The van der Waals surface area contributed by atoms with Gasteiger partial charge in [0.1, 0.15) is 0 Å². The Kier molecular flexibility index (Phi) is 6.55. The van der Waals surface area contributed by atoms with Crippen LogP contribution in [0.3, 0.4) is 0 Å². The van der Waals surface area contributed by atoms with Gasteiger partial charge >= 0.3 is 0 Å². The van der Waals surface area contributed by atoms with Crippen LogP contribution in [0.4, 0.5) is 0 Å². The zero-order valence-electron chi connectivity index (χ0n) is 16.0. The van der Waals surface area contributed by atoms with Gasteiger partial charge in [0.25, 0.3) is 11.8 Å². The van der Waals surface area contributed by atoms with E-state index in [4.69, 9.17) is 15.2 Å². The lowest BCUT2D eigenvalue weighted by molar-refractivity contribution is -0.119. The molecule has 1 aromatic carbocycles. The largest absolute Gasteiger partial charge is 0.493 e. The van der Waals surface area contributed by atoms with E-state index in [9.17, 15) is 9.59 Å². The highest BCUT2D eigenvalue weighted by Crippen LogP contribution is 2.30. The maximum absolute atomic E-state index is 13.1. The minimum atomic E-state index is -0.560. The Morgan fingerprint density at radius 1 is 1.11 bits per heavy atom. The summed E-state index contributed by atoms with van der Waals surface area (Å²) < 4.78 is 10.7. The van der Waals surface area contributed by atoms with Crippen LogP contribution in [0, 0.1) is 0 Å². The van der Waals surface area contributed by atoms with E-state index < -0.39 is 5.91 Å². The van der Waals surface area contributed by atoms with Gasteiger partial charge in [0, 0.05) is 24.7 Å². The van der Waals surface area contributed by atoms with Crippen molar-refractivity contribution in [3.8, 4) is 11.5 Å². The number of amides is 2. The topological polar surface area (TPSA) is 85.1 Å². The number of carbonyl (C=O) groups excluding carboxylic acids is 2. The minimum absolute atomic E-state index is 0.0225. The first-order chi connectivity index (χ1) is 13.1. The molecule has 2 saturated heterocycles. The molecule has 0 bridgehead atoms. The van der Waals surface area contributed by atoms with E-state index >= 15 is 0 Å². The van der Waals surface area contributed by atoms with Crippen molar-refractivity contribution in [3.63, 3.8) is 0 Å². The van der Waals surface area contributed by atoms with Crippen molar-refractivity contribution in [2.75, 3.05) is 39.9 Å². The standard InChI is InChI=1S/C20H29N3O4/c1-26-18-12-15(7-8-17(18)27-14-19(21)24)20(25)23-11-5-6-16(23)13-22-9-3-2-4-10-22/h7-8,12,16H,2-6,9-11,13-14H2,1H3,(H2,21,24). The van der Waals surface area contributed by atoms with Crippen molar-refractivity contribution >= 4 is 11.8 Å². The summed E-state index contributed by atoms with van der Waals surface area (Å²) in [6.07, 6.45) is 5.92. The Morgan fingerprint density at radius 3 is 2.59 bits per heavy atom. The molecule has 7 heteroatoms. The van der Waals surface area contributed by atoms with Gasteiger partial charge in [-0.2, -0.15) is 0 Å². The quantitative estimate of drug-likeness (QED) is 0.783. The molecule has 2 N–H and O–H groups in total. The number of hydrogen-bond donors (Lipinski definition) is 1. The summed E-state index contributed by atoms with van der Waals surface area (Å²) in [6.45, 7) is 3.80. The predicted octanol–water partition coefficient (Wildman–Crippen LogP) is 1.65. The number of nitrogens with zero attached hydrogens (tertiary/aromatic N) is 2. The van der Waals surface area contributed by atoms with Crippen LogP contribution in [0.25, 0.3) is 0 Å². The van der Waals surface area contributed by atoms with E-state index in [1.807, 2.05) is 4.90 Å². The second kappa shape index (κ2) is 9.08. The highest BCUT2D eigenvalue weighted by molar-refractivity contribution is 5.95. The van der Waals surface area contributed by atoms with Crippen molar-refractivity contribution in [1.82, 2.24) is 9.80 Å². The van der Waals surface area contributed by atoms with Crippen molar-refractivity contribution in [2.24, 2.45) is 5.73 Å². The van der Waals surface area contributed by atoms with Crippen LogP contribution in [0.5, 0.6) is 11.5 Å². The number of methoxy groups -OCH3 is 1. The average Bonchev–Trinajstić information content (AvgIpc) is 3.14. The Morgan fingerprint density at radius 2 is 1.89 bits per heavy atom. The number of piperidine rings is 1. The molecule has 0 aliphatic carbocycles. The molecule has 27 heavy (non-hydrogen) atoms. The summed E-state index contributed by atoms with van der Waals surface area (Å²) in [5.74, 6) is 0.289. The van der Waals surface area contributed by atoms with Gasteiger partial charge < -0.3 is 25.0 Å². The van der Waals surface area contributed by atoms with E-state index in [-0.39, 0.29) is 18.6 Å². The summed E-state index contributed by atoms with van der Waals surface area (Å²) in [5.41, 5.74) is 5.69. The molecule has 1 atom stereocenters. The van der Waals surface area contributed by atoms with Crippen molar-refractivity contribution in [3.05, 3.63) is 23.8 Å². The lowest BCUT2D eigenvalue weighted by Crippen LogP contribution is -2.44. The van der Waals surface area contributed by atoms with E-state index in [1.54, 1.807) is 18.2 Å². The number of carbonyl (C=O) groups is 2. The van der Waals surface area contributed by atoms with Gasteiger partial charge in [0.15, 0.2) is 18.1 Å². The fraction of sp³-hybridized carbons (Fsp3) is 0.600. The lowest BCUT2D eigenvalue weighted by Gasteiger charge is -2.33. The summed E-state index contributed by atoms with van der Waals surface area (Å²) in [4.78, 5) is 28.5. The second-order valence-corrected chi connectivity index (χ2v) is 7.28. The Bertz CT molecular complexity index is 673. The number of primary amides is 1. The van der Waals surface area contributed by atoms with E-state index in [0.717, 1.165) is 39.0 Å². The minimum Gasteiger partial charge on any atom is -0.493 e. The molecular weight excluding hydrogens is 346 g/mol. The maximum Gasteiger partial charge on any atom is 0.255 e. The van der Waals surface area contributed by atoms with E-state index in [2.05, 4.69) is 4.90 Å². The van der Waals surface area contributed by atoms with Crippen LogP contribution in [0.2, 0.25) is 0 Å². The van der Waals surface area contributed by atoms with E-state index in [0.29, 0.717) is 17.1 Å². The van der Waals surface area contributed by atoms with Gasteiger partial charge in [-0.3, -0.25) is 9.59 Å². The van der Waals surface area contributed by atoms with E-state index in [1.165, 1.54) is 26.4 Å². The highest BCUT2D eigenvalue weighted by atomic mass is 16.5. The molecule has 0 aromatic heterocycles. The molecule has 0 spiro atoms. The third kappa shape index (κ3) is 4.91. The molecule has 7 nitrogen and oxygen atoms in total. The van der Waals surface area contributed by atoms with Crippen molar-refractivity contribution in [1.29, 1.82) is 0 Å². The molecule has 1 unspecified atom stereocenters. The SMILES string of the molecule is COc1cc(C(=O)N2CCCC2CN2CCCCC2)ccc1OCC(N)=O. The number of hydrogen-bond acceptors (Lipinski definition) is 5. The second-order valence-electron chi connectivity index (χ2n) is 7.28. The van der Waals surface area contributed by atoms with Crippen LogP contribution in [-0.2, 0) is 4.79 Å². The Hall–Kier alpha value is -2.28. The zero-order chi connectivity index (χ0) is 19.2. The maximum atomic E-state index is 13.1. The molecular formula is C20H29N3O4. The summed E-state index contributed by atoms with van der Waals surface area (Å²) in [6, 6.07) is 5.32. The molecule has 2 fully saturated rings. The lowest BCUT2D eigenvalue weighted by atomic mass is 10.1. The number of benzene rings is 1. The first-order valence-electron chi connectivity index (χ1n) is 9.71. The molecule has 1 aromatic rings. The van der Waals surface area contributed by atoms with Crippen LogP contribution in [0.15, 0.2) is 18.2 Å². The number of ether oxygens (including phenoxy) is 2. The fourth-order valence-corrected chi connectivity index (χ4v) is 3.97. The average molecular weight is 375 g/mol. The van der Waals surface area contributed by atoms with Gasteiger partial charge in [-0.05, 0) is 57.0 Å². The van der Waals surface area contributed by atoms with Gasteiger partial charge in [0.2, 0.25) is 0 Å². The van der Waals surface area contributed by atoms with Gasteiger partial charge in [-0.1, -0.05) is 6.42 Å². The monoisotopic (exact) mass is 375 g/mol. The molecule has 148 valence electrons. The molecule has 0 saturated carbocycles. The number of rotatable bonds is 7. The highest BCUT2D eigenvalue weighted by Gasteiger charge is 2.31. The van der Waals surface area contributed by atoms with Crippen molar-refractivity contribution in [2.45, 2.75) is 38.1 Å². The molecule has 2 amide bonds. The molecule has 3 rings (SSSR count). The van der Waals surface area contributed by atoms with Crippen LogP contribution < -0.4 is 15.2 Å².